The molecule has 0 bridgehead atoms. The van der Waals surface area contributed by atoms with Crippen molar-refractivity contribution >= 4 is 0 Å². The molecule has 5 heteroatoms. The van der Waals surface area contributed by atoms with Gasteiger partial charge in [0, 0.05) is 12.5 Å². The maximum atomic E-state index is 9.19. The molecule has 19 heavy (non-hydrogen) atoms. The summed E-state index contributed by atoms with van der Waals surface area (Å²) in [5, 5.41) is 16.5. The van der Waals surface area contributed by atoms with E-state index in [1.807, 2.05) is 30.3 Å². The first-order valence-corrected chi connectivity index (χ1v) is 6.56. The Morgan fingerprint density at radius 2 is 2.05 bits per heavy atom. The van der Waals surface area contributed by atoms with Crippen LogP contribution < -0.4 is 5.32 Å². The van der Waals surface area contributed by atoms with Crippen LogP contribution in [0.15, 0.2) is 34.9 Å². The second kappa shape index (κ2) is 5.50. The van der Waals surface area contributed by atoms with E-state index in [1.54, 1.807) is 0 Å². The van der Waals surface area contributed by atoms with Crippen LogP contribution in [-0.2, 0) is 13.0 Å². The minimum atomic E-state index is -0.145. The second-order valence-electron chi connectivity index (χ2n) is 4.97. The average Bonchev–Trinajstić information content (AvgIpc) is 2.82. The standard InChI is InChI=1S/C14H17N3O2/c18-12-7-11(8-12)15-9-14-16-13(17-19-14)6-10-4-2-1-3-5-10/h1-5,11-12,15,18H,6-9H2. The molecule has 1 heterocycles. The summed E-state index contributed by atoms with van der Waals surface area (Å²) < 4.78 is 5.20. The molecule has 0 aliphatic heterocycles. The molecule has 1 saturated carbocycles. The highest BCUT2D eigenvalue weighted by molar-refractivity contribution is 5.18. The zero-order valence-corrected chi connectivity index (χ0v) is 10.6. The highest BCUT2D eigenvalue weighted by Gasteiger charge is 2.26. The molecule has 0 saturated heterocycles. The molecule has 0 amide bonds. The van der Waals surface area contributed by atoms with Gasteiger partial charge in [0.15, 0.2) is 5.82 Å². The number of rotatable bonds is 5. The fraction of sp³-hybridized carbons (Fsp3) is 0.429. The van der Waals surface area contributed by atoms with Crippen LogP contribution in [0.4, 0.5) is 0 Å². The van der Waals surface area contributed by atoms with Crippen molar-refractivity contribution in [1.29, 1.82) is 0 Å². The Balaban J connectivity index is 1.51. The van der Waals surface area contributed by atoms with Gasteiger partial charge in [-0.2, -0.15) is 4.98 Å². The molecule has 1 aromatic carbocycles. The van der Waals surface area contributed by atoms with Crippen molar-refractivity contribution in [2.24, 2.45) is 0 Å². The zero-order chi connectivity index (χ0) is 13.1. The highest BCUT2D eigenvalue weighted by Crippen LogP contribution is 2.19. The monoisotopic (exact) mass is 259 g/mol. The van der Waals surface area contributed by atoms with Gasteiger partial charge in [0.05, 0.1) is 12.6 Å². The van der Waals surface area contributed by atoms with Crippen LogP contribution in [-0.4, -0.2) is 27.4 Å². The molecule has 100 valence electrons. The van der Waals surface area contributed by atoms with Crippen molar-refractivity contribution in [2.45, 2.75) is 38.0 Å². The second-order valence-corrected chi connectivity index (χ2v) is 4.97. The largest absolute Gasteiger partial charge is 0.393 e. The van der Waals surface area contributed by atoms with E-state index in [9.17, 15) is 5.11 Å². The third-order valence-electron chi connectivity index (χ3n) is 3.37. The van der Waals surface area contributed by atoms with Crippen molar-refractivity contribution in [3.05, 3.63) is 47.6 Å². The van der Waals surface area contributed by atoms with E-state index in [0.29, 0.717) is 30.7 Å². The SMILES string of the molecule is OC1CC(NCc2nc(Cc3ccccc3)no2)C1. The molecular formula is C14H17N3O2. The molecule has 0 spiro atoms. The first-order valence-electron chi connectivity index (χ1n) is 6.56. The first kappa shape index (κ1) is 12.3. The van der Waals surface area contributed by atoms with Crippen LogP contribution in [0, 0.1) is 0 Å². The van der Waals surface area contributed by atoms with E-state index >= 15 is 0 Å². The summed E-state index contributed by atoms with van der Waals surface area (Å²) in [6.07, 6.45) is 2.16. The average molecular weight is 259 g/mol. The number of nitrogens with zero attached hydrogens (tertiary/aromatic N) is 2. The van der Waals surface area contributed by atoms with Crippen molar-refractivity contribution in [3.63, 3.8) is 0 Å². The Hall–Kier alpha value is -1.72. The Labute approximate surface area is 111 Å². The van der Waals surface area contributed by atoms with Crippen LogP contribution in [0.5, 0.6) is 0 Å². The minimum absolute atomic E-state index is 0.145. The number of hydrogen-bond donors (Lipinski definition) is 2. The predicted octanol–water partition coefficient (Wildman–Crippen LogP) is 1.27. The lowest BCUT2D eigenvalue weighted by molar-refractivity contribution is 0.0607. The van der Waals surface area contributed by atoms with Crippen LogP contribution in [0.25, 0.3) is 0 Å². The smallest absolute Gasteiger partial charge is 0.240 e. The lowest BCUT2D eigenvalue weighted by Gasteiger charge is -2.31. The van der Waals surface area contributed by atoms with Gasteiger partial charge in [-0.1, -0.05) is 35.5 Å². The molecule has 2 N–H and O–H groups in total. The number of aromatic nitrogens is 2. The lowest BCUT2D eigenvalue weighted by atomic mass is 9.90. The Morgan fingerprint density at radius 3 is 2.79 bits per heavy atom. The molecule has 0 radical (unpaired) electrons. The number of aliphatic hydroxyl groups excluding tert-OH is 1. The molecule has 0 unspecified atom stereocenters. The zero-order valence-electron chi connectivity index (χ0n) is 10.6. The first-order chi connectivity index (χ1) is 9.29. The topological polar surface area (TPSA) is 71.2 Å². The van der Waals surface area contributed by atoms with Gasteiger partial charge in [-0.3, -0.25) is 0 Å². The van der Waals surface area contributed by atoms with Gasteiger partial charge in [-0.05, 0) is 18.4 Å². The lowest BCUT2D eigenvalue weighted by Crippen LogP contribution is -2.43. The third kappa shape index (κ3) is 3.19. The van der Waals surface area contributed by atoms with Crippen LogP contribution >= 0.6 is 0 Å². The molecule has 1 fully saturated rings. The summed E-state index contributed by atoms with van der Waals surface area (Å²) in [5.41, 5.74) is 1.17. The van der Waals surface area contributed by atoms with Crippen LogP contribution in [0.2, 0.25) is 0 Å². The predicted molar refractivity (Wildman–Crippen MR) is 69.4 cm³/mol. The van der Waals surface area contributed by atoms with Gasteiger partial charge >= 0.3 is 0 Å². The van der Waals surface area contributed by atoms with Gasteiger partial charge in [-0.15, -0.1) is 0 Å². The molecular weight excluding hydrogens is 242 g/mol. The summed E-state index contributed by atoms with van der Waals surface area (Å²) >= 11 is 0. The van der Waals surface area contributed by atoms with Crippen LogP contribution in [0.3, 0.4) is 0 Å². The molecule has 1 aromatic heterocycles. The van der Waals surface area contributed by atoms with E-state index in [4.69, 9.17) is 4.52 Å². The minimum Gasteiger partial charge on any atom is -0.393 e. The summed E-state index contributed by atoms with van der Waals surface area (Å²) in [4.78, 5) is 4.35. The Bertz CT molecular complexity index is 520. The number of benzene rings is 1. The van der Waals surface area contributed by atoms with Gasteiger partial charge in [-0.25, -0.2) is 0 Å². The van der Waals surface area contributed by atoms with Crippen molar-refractivity contribution in [1.82, 2.24) is 15.5 Å². The fourth-order valence-electron chi connectivity index (χ4n) is 2.20. The maximum absolute atomic E-state index is 9.19. The van der Waals surface area contributed by atoms with Crippen molar-refractivity contribution in [2.75, 3.05) is 0 Å². The summed E-state index contributed by atoms with van der Waals surface area (Å²) in [7, 11) is 0. The Kier molecular flexibility index (Phi) is 3.57. The van der Waals surface area contributed by atoms with Gasteiger partial charge in [0.2, 0.25) is 5.89 Å². The molecule has 1 aliphatic carbocycles. The van der Waals surface area contributed by atoms with E-state index in [1.165, 1.54) is 5.56 Å². The normalized spacial score (nSPS) is 22.2. The summed E-state index contributed by atoms with van der Waals surface area (Å²) in [6, 6.07) is 10.5. The van der Waals surface area contributed by atoms with Crippen molar-refractivity contribution < 1.29 is 9.63 Å². The molecule has 0 atom stereocenters. The Morgan fingerprint density at radius 1 is 1.26 bits per heavy atom. The van der Waals surface area contributed by atoms with Gasteiger partial charge in [0.25, 0.3) is 0 Å². The van der Waals surface area contributed by atoms with Crippen molar-refractivity contribution in [3.8, 4) is 0 Å². The van der Waals surface area contributed by atoms with Crippen LogP contribution in [0.1, 0.15) is 30.1 Å². The molecule has 2 aromatic rings. The van der Waals surface area contributed by atoms with E-state index in [2.05, 4.69) is 15.5 Å². The number of aliphatic hydroxyl groups is 1. The van der Waals surface area contributed by atoms with E-state index in [-0.39, 0.29) is 6.10 Å². The molecule has 1 aliphatic rings. The third-order valence-corrected chi connectivity index (χ3v) is 3.37. The molecule has 3 rings (SSSR count). The summed E-state index contributed by atoms with van der Waals surface area (Å²) in [5.74, 6) is 1.31. The van der Waals surface area contributed by atoms with E-state index < -0.39 is 0 Å². The highest BCUT2D eigenvalue weighted by atomic mass is 16.5. The number of nitrogens with one attached hydrogen (secondary N) is 1. The quantitative estimate of drug-likeness (QED) is 0.846. The maximum Gasteiger partial charge on any atom is 0.240 e. The summed E-state index contributed by atoms with van der Waals surface area (Å²) in [6.45, 7) is 0.569. The number of hydrogen-bond acceptors (Lipinski definition) is 5. The van der Waals surface area contributed by atoms with Gasteiger partial charge in [0.1, 0.15) is 0 Å². The van der Waals surface area contributed by atoms with Gasteiger partial charge < -0.3 is 14.9 Å². The fourth-order valence-corrected chi connectivity index (χ4v) is 2.20. The van der Waals surface area contributed by atoms with E-state index in [0.717, 1.165) is 12.8 Å². The molecule has 5 nitrogen and oxygen atoms in total.